The molecule has 0 aliphatic heterocycles. The molecule has 1 unspecified atom stereocenters. The Bertz CT molecular complexity index is 1150. The Morgan fingerprint density at radius 1 is 0.944 bits per heavy atom. The van der Waals surface area contributed by atoms with Crippen molar-refractivity contribution in [1.82, 2.24) is 10.2 Å². The van der Waals surface area contributed by atoms with Gasteiger partial charge in [0.2, 0.25) is 11.8 Å². The van der Waals surface area contributed by atoms with E-state index in [2.05, 4.69) is 21.2 Å². The van der Waals surface area contributed by atoms with Gasteiger partial charge in [-0.15, -0.1) is 11.8 Å². The van der Waals surface area contributed by atoms with Crippen LogP contribution in [0.2, 0.25) is 10.0 Å². The maximum atomic E-state index is 13.6. The van der Waals surface area contributed by atoms with Crippen molar-refractivity contribution in [3.63, 3.8) is 0 Å². The Morgan fingerprint density at radius 2 is 1.64 bits per heavy atom. The average molecular weight is 608 g/mol. The Morgan fingerprint density at radius 3 is 2.31 bits per heavy atom. The van der Waals surface area contributed by atoms with E-state index in [1.807, 2.05) is 67.6 Å². The summed E-state index contributed by atoms with van der Waals surface area (Å²) in [7, 11) is 0. The number of nitrogens with zero attached hydrogens (tertiary/aromatic N) is 1. The lowest BCUT2D eigenvalue weighted by Crippen LogP contribution is -2.51. The highest BCUT2D eigenvalue weighted by Crippen LogP contribution is 2.25. The normalized spacial score (nSPS) is 11.7. The molecule has 36 heavy (non-hydrogen) atoms. The molecule has 0 aliphatic carbocycles. The molecule has 0 bridgehead atoms. The second-order valence-electron chi connectivity index (χ2n) is 8.39. The number of amides is 2. The van der Waals surface area contributed by atoms with Crippen molar-refractivity contribution in [3.8, 4) is 0 Å². The largest absolute Gasteiger partial charge is 0.354 e. The molecule has 0 aromatic heterocycles. The minimum Gasteiger partial charge on any atom is -0.354 e. The summed E-state index contributed by atoms with van der Waals surface area (Å²) in [6.07, 6.45) is 1.23. The van der Waals surface area contributed by atoms with Crippen molar-refractivity contribution >= 4 is 62.7 Å². The highest BCUT2D eigenvalue weighted by Gasteiger charge is 2.30. The van der Waals surface area contributed by atoms with Crippen molar-refractivity contribution in [2.45, 2.75) is 38.1 Å². The lowest BCUT2D eigenvalue weighted by molar-refractivity contribution is -0.139. The van der Waals surface area contributed by atoms with Gasteiger partial charge in [0, 0.05) is 29.7 Å². The van der Waals surface area contributed by atoms with Gasteiger partial charge in [0.05, 0.1) is 15.8 Å². The number of thioether (sulfide) groups is 1. The number of carbonyl (C=O) groups is 2. The third-order valence-corrected chi connectivity index (χ3v) is 7.82. The van der Waals surface area contributed by atoms with Crippen molar-refractivity contribution in [3.05, 3.63) is 104 Å². The van der Waals surface area contributed by atoms with Gasteiger partial charge in [-0.2, -0.15) is 0 Å². The van der Waals surface area contributed by atoms with E-state index < -0.39 is 6.04 Å². The molecular weight excluding hydrogens is 579 g/mol. The number of nitrogens with one attached hydrogen (secondary N) is 1. The van der Waals surface area contributed by atoms with Crippen molar-refractivity contribution in [2.24, 2.45) is 0 Å². The predicted octanol–water partition coefficient (Wildman–Crippen LogP) is 7.16. The Balaban J connectivity index is 1.84. The van der Waals surface area contributed by atoms with E-state index in [1.165, 1.54) is 11.8 Å². The fourth-order valence-electron chi connectivity index (χ4n) is 3.67. The van der Waals surface area contributed by atoms with Crippen LogP contribution in [0.15, 0.2) is 77.3 Å². The van der Waals surface area contributed by atoms with Crippen molar-refractivity contribution < 1.29 is 9.59 Å². The molecule has 3 aromatic rings. The Labute approximate surface area is 235 Å². The van der Waals surface area contributed by atoms with Gasteiger partial charge in [-0.3, -0.25) is 9.59 Å². The number of rotatable bonds is 12. The van der Waals surface area contributed by atoms with E-state index in [-0.39, 0.29) is 24.1 Å². The zero-order valence-electron chi connectivity index (χ0n) is 20.1. The average Bonchev–Trinajstić information content (AvgIpc) is 2.88. The summed E-state index contributed by atoms with van der Waals surface area (Å²) in [5, 5.41) is 3.86. The van der Waals surface area contributed by atoms with Crippen LogP contribution in [0.4, 0.5) is 0 Å². The van der Waals surface area contributed by atoms with Crippen LogP contribution < -0.4 is 5.32 Å². The highest BCUT2D eigenvalue weighted by molar-refractivity contribution is 9.10. The van der Waals surface area contributed by atoms with Gasteiger partial charge < -0.3 is 10.2 Å². The molecule has 3 aromatic carbocycles. The lowest BCUT2D eigenvalue weighted by Gasteiger charge is -2.31. The molecule has 0 saturated carbocycles. The first kappa shape index (κ1) is 28.6. The van der Waals surface area contributed by atoms with E-state index >= 15 is 0 Å². The van der Waals surface area contributed by atoms with Crippen molar-refractivity contribution in [2.75, 3.05) is 12.3 Å². The van der Waals surface area contributed by atoms with Gasteiger partial charge in [-0.1, -0.05) is 94.6 Å². The van der Waals surface area contributed by atoms with Gasteiger partial charge in [0.1, 0.15) is 6.04 Å². The monoisotopic (exact) mass is 606 g/mol. The molecule has 1 N–H and O–H groups in total. The van der Waals surface area contributed by atoms with Gasteiger partial charge >= 0.3 is 0 Å². The molecule has 2 amide bonds. The quantitative estimate of drug-likeness (QED) is 0.238. The molecule has 0 saturated heterocycles. The smallest absolute Gasteiger partial charge is 0.243 e. The SMILES string of the molecule is CCCNC(=O)C(Cc1ccccc1)N(Cc1ccc(Cl)c(Cl)c1)C(=O)CSCc1ccc(Br)cc1. The van der Waals surface area contributed by atoms with E-state index in [9.17, 15) is 9.59 Å². The number of benzene rings is 3. The van der Waals surface area contributed by atoms with Crippen LogP contribution in [-0.4, -0.2) is 35.1 Å². The van der Waals surface area contributed by atoms with Crippen LogP contribution in [0.3, 0.4) is 0 Å². The van der Waals surface area contributed by atoms with Gasteiger partial charge in [-0.05, 0) is 47.4 Å². The van der Waals surface area contributed by atoms with E-state index in [0.29, 0.717) is 28.8 Å². The minimum absolute atomic E-state index is 0.101. The highest BCUT2D eigenvalue weighted by atomic mass is 79.9. The lowest BCUT2D eigenvalue weighted by atomic mass is 10.0. The molecule has 0 radical (unpaired) electrons. The maximum Gasteiger partial charge on any atom is 0.243 e. The van der Waals surface area contributed by atoms with E-state index in [0.717, 1.165) is 27.6 Å². The second kappa shape index (κ2) is 14.7. The summed E-state index contributed by atoms with van der Waals surface area (Å²) in [6.45, 7) is 2.81. The summed E-state index contributed by atoms with van der Waals surface area (Å²) in [5.74, 6) is 0.692. The molecule has 190 valence electrons. The zero-order valence-corrected chi connectivity index (χ0v) is 24.0. The van der Waals surface area contributed by atoms with Crippen LogP contribution in [0, 0.1) is 0 Å². The summed E-state index contributed by atoms with van der Waals surface area (Å²) in [4.78, 5) is 28.6. The molecule has 4 nitrogen and oxygen atoms in total. The molecule has 0 fully saturated rings. The third-order valence-electron chi connectivity index (χ3n) is 5.56. The maximum absolute atomic E-state index is 13.6. The summed E-state index contributed by atoms with van der Waals surface area (Å²) in [5.41, 5.74) is 2.94. The van der Waals surface area contributed by atoms with Crippen LogP contribution in [0.25, 0.3) is 0 Å². The number of hydrogen-bond donors (Lipinski definition) is 1. The predicted molar refractivity (Wildman–Crippen MR) is 155 cm³/mol. The molecular formula is C28H29BrCl2N2O2S. The van der Waals surface area contributed by atoms with Gasteiger partial charge in [0.25, 0.3) is 0 Å². The second-order valence-corrected chi connectivity index (χ2v) is 11.1. The van der Waals surface area contributed by atoms with Gasteiger partial charge in [-0.25, -0.2) is 0 Å². The molecule has 3 rings (SSSR count). The third kappa shape index (κ3) is 8.84. The van der Waals surface area contributed by atoms with Crippen LogP contribution >= 0.6 is 50.9 Å². The van der Waals surface area contributed by atoms with Crippen LogP contribution in [0.5, 0.6) is 0 Å². The number of halogens is 3. The minimum atomic E-state index is -0.658. The number of carbonyl (C=O) groups excluding carboxylic acids is 2. The fraction of sp³-hybridized carbons (Fsp3) is 0.286. The van der Waals surface area contributed by atoms with E-state index in [1.54, 1.807) is 17.0 Å². The molecule has 8 heteroatoms. The molecule has 0 heterocycles. The Hall–Kier alpha value is -1.99. The first-order chi connectivity index (χ1) is 17.4. The zero-order chi connectivity index (χ0) is 25.9. The van der Waals surface area contributed by atoms with Gasteiger partial charge in [0.15, 0.2) is 0 Å². The van der Waals surface area contributed by atoms with E-state index in [4.69, 9.17) is 23.2 Å². The van der Waals surface area contributed by atoms with Crippen molar-refractivity contribution in [1.29, 1.82) is 0 Å². The molecule has 1 atom stereocenters. The standard InChI is InChI=1S/C28H29BrCl2N2O2S/c1-2-14-32-28(35)26(16-20-6-4-3-5-7-20)33(17-22-10-13-24(30)25(31)15-22)27(34)19-36-18-21-8-11-23(29)12-9-21/h3-13,15,26H,2,14,16-19H2,1H3,(H,32,35). The fourth-order valence-corrected chi connectivity index (χ4v) is 5.13. The first-order valence-corrected chi connectivity index (χ1v) is 14.4. The first-order valence-electron chi connectivity index (χ1n) is 11.7. The summed E-state index contributed by atoms with van der Waals surface area (Å²) >= 11 is 17.3. The summed E-state index contributed by atoms with van der Waals surface area (Å²) < 4.78 is 1.02. The topological polar surface area (TPSA) is 49.4 Å². The van der Waals surface area contributed by atoms with Crippen LogP contribution in [-0.2, 0) is 28.3 Å². The Kier molecular flexibility index (Phi) is 11.6. The van der Waals surface area contributed by atoms with Crippen LogP contribution in [0.1, 0.15) is 30.0 Å². The molecule has 0 aliphatic rings. The summed E-state index contributed by atoms with van der Waals surface area (Å²) in [6, 6.07) is 22.5. The molecule has 0 spiro atoms. The number of hydrogen-bond acceptors (Lipinski definition) is 3.